The Kier molecular flexibility index (Phi) is 6.42. The minimum Gasteiger partial charge on any atom is -0.482 e. The number of halogens is 2. The maximum Gasteiger partial charge on any atom is 0.308 e. The number of aliphatic carboxylic acids is 1. The second-order valence-electron chi connectivity index (χ2n) is 4.86. The zero-order chi connectivity index (χ0) is 16.0. The molecule has 2 N–H and O–H groups in total. The van der Waals surface area contributed by atoms with Gasteiger partial charge in [-0.25, -0.2) is 4.39 Å². The van der Waals surface area contributed by atoms with Gasteiger partial charge in [-0.1, -0.05) is 25.4 Å². The number of hydrogen-bond donors (Lipinski definition) is 2. The van der Waals surface area contributed by atoms with Crippen LogP contribution in [0.25, 0.3) is 0 Å². The summed E-state index contributed by atoms with van der Waals surface area (Å²) in [5.74, 6) is -2.52. The summed E-state index contributed by atoms with van der Waals surface area (Å²) >= 11 is 5.75. The predicted octanol–water partition coefficient (Wildman–Crippen LogP) is 2.33. The van der Waals surface area contributed by atoms with Gasteiger partial charge >= 0.3 is 5.97 Å². The van der Waals surface area contributed by atoms with Crippen LogP contribution in [-0.4, -0.2) is 30.1 Å². The Bertz CT molecular complexity index is 522. The zero-order valence-corrected chi connectivity index (χ0v) is 12.5. The molecule has 0 saturated heterocycles. The molecule has 0 spiro atoms. The van der Waals surface area contributed by atoms with Crippen molar-refractivity contribution in [3.05, 3.63) is 29.0 Å². The first-order chi connectivity index (χ1) is 9.81. The third-order valence-electron chi connectivity index (χ3n) is 2.89. The first-order valence-electron chi connectivity index (χ1n) is 6.38. The van der Waals surface area contributed by atoms with Crippen LogP contribution in [0.3, 0.4) is 0 Å². The lowest BCUT2D eigenvalue weighted by Gasteiger charge is -2.16. The standard InChI is InChI=1S/C14H17ClFNO4/c1-8(2)10(14(19)20)6-17-13(18)7-21-12-4-3-9(16)5-11(12)15/h3-5,8,10H,6-7H2,1-2H3,(H,17,18)(H,19,20). The fraction of sp³-hybridized carbons (Fsp3) is 0.429. The van der Waals surface area contributed by atoms with Crippen LogP contribution in [0.15, 0.2) is 18.2 Å². The van der Waals surface area contributed by atoms with Crippen molar-refractivity contribution in [3.63, 3.8) is 0 Å². The molecule has 0 bridgehead atoms. The molecular weight excluding hydrogens is 301 g/mol. The Morgan fingerprint density at radius 1 is 1.43 bits per heavy atom. The van der Waals surface area contributed by atoms with Crippen molar-refractivity contribution >= 4 is 23.5 Å². The molecule has 1 atom stereocenters. The molecule has 21 heavy (non-hydrogen) atoms. The number of rotatable bonds is 7. The number of ether oxygens (including phenoxy) is 1. The van der Waals surface area contributed by atoms with Gasteiger partial charge in [-0.2, -0.15) is 0 Å². The van der Waals surface area contributed by atoms with Gasteiger partial charge in [0.2, 0.25) is 0 Å². The molecule has 1 aromatic rings. The summed E-state index contributed by atoms with van der Waals surface area (Å²) in [4.78, 5) is 22.6. The predicted molar refractivity (Wildman–Crippen MR) is 75.9 cm³/mol. The highest BCUT2D eigenvalue weighted by Crippen LogP contribution is 2.24. The molecule has 5 nitrogen and oxygen atoms in total. The number of hydrogen-bond acceptors (Lipinski definition) is 3. The third kappa shape index (κ3) is 5.59. The minimum atomic E-state index is -0.965. The molecule has 0 heterocycles. The summed E-state index contributed by atoms with van der Waals surface area (Å²) in [5.41, 5.74) is 0. The fourth-order valence-corrected chi connectivity index (χ4v) is 1.84. The van der Waals surface area contributed by atoms with Gasteiger partial charge in [0.1, 0.15) is 11.6 Å². The Hall–Kier alpha value is -1.82. The van der Waals surface area contributed by atoms with E-state index in [4.69, 9.17) is 21.4 Å². The molecule has 0 radical (unpaired) electrons. The van der Waals surface area contributed by atoms with E-state index < -0.39 is 23.6 Å². The highest BCUT2D eigenvalue weighted by molar-refractivity contribution is 6.32. The summed E-state index contributed by atoms with van der Waals surface area (Å²) in [5, 5.41) is 11.5. The average molecular weight is 318 g/mol. The molecule has 1 rings (SSSR count). The molecule has 0 fully saturated rings. The lowest BCUT2D eigenvalue weighted by Crippen LogP contribution is -2.37. The van der Waals surface area contributed by atoms with Crippen LogP contribution in [0.1, 0.15) is 13.8 Å². The lowest BCUT2D eigenvalue weighted by molar-refractivity contribution is -0.143. The van der Waals surface area contributed by atoms with Crippen LogP contribution in [-0.2, 0) is 9.59 Å². The van der Waals surface area contributed by atoms with E-state index in [1.54, 1.807) is 13.8 Å². The molecule has 0 aliphatic heterocycles. The second-order valence-corrected chi connectivity index (χ2v) is 5.26. The van der Waals surface area contributed by atoms with Crippen LogP contribution in [0.2, 0.25) is 5.02 Å². The highest BCUT2D eigenvalue weighted by Gasteiger charge is 2.22. The number of carbonyl (C=O) groups is 2. The second kappa shape index (κ2) is 7.83. The molecule has 1 unspecified atom stereocenters. The Balaban J connectivity index is 2.45. The highest BCUT2D eigenvalue weighted by atomic mass is 35.5. The van der Waals surface area contributed by atoms with Gasteiger partial charge in [0.25, 0.3) is 5.91 Å². The Labute approximate surface area is 127 Å². The van der Waals surface area contributed by atoms with Crippen LogP contribution in [0.4, 0.5) is 4.39 Å². The molecule has 1 amide bonds. The van der Waals surface area contributed by atoms with Crippen molar-refractivity contribution in [2.24, 2.45) is 11.8 Å². The van der Waals surface area contributed by atoms with Gasteiger partial charge in [-0.3, -0.25) is 9.59 Å². The quantitative estimate of drug-likeness (QED) is 0.809. The van der Waals surface area contributed by atoms with Crippen molar-refractivity contribution < 1.29 is 23.8 Å². The van der Waals surface area contributed by atoms with E-state index >= 15 is 0 Å². The molecule has 0 aliphatic rings. The van der Waals surface area contributed by atoms with Gasteiger partial charge in [-0.15, -0.1) is 0 Å². The van der Waals surface area contributed by atoms with E-state index in [-0.39, 0.29) is 29.8 Å². The Morgan fingerprint density at radius 2 is 2.10 bits per heavy atom. The lowest BCUT2D eigenvalue weighted by atomic mass is 9.96. The van der Waals surface area contributed by atoms with Crippen LogP contribution in [0, 0.1) is 17.7 Å². The minimum absolute atomic E-state index is 0.0202. The van der Waals surface area contributed by atoms with Crippen LogP contribution in [0.5, 0.6) is 5.75 Å². The van der Waals surface area contributed by atoms with Gasteiger partial charge in [-0.05, 0) is 24.1 Å². The van der Waals surface area contributed by atoms with Crippen molar-refractivity contribution in [2.75, 3.05) is 13.2 Å². The fourth-order valence-electron chi connectivity index (χ4n) is 1.62. The number of carboxylic acids is 1. The van der Waals surface area contributed by atoms with E-state index in [0.29, 0.717) is 0 Å². The molecular formula is C14H17ClFNO4. The van der Waals surface area contributed by atoms with Crippen molar-refractivity contribution in [1.29, 1.82) is 0 Å². The molecule has 0 saturated carbocycles. The van der Waals surface area contributed by atoms with Gasteiger partial charge in [0.05, 0.1) is 10.9 Å². The topological polar surface area (TPSA) is 75.6 Å². The van der Waals surface area contributed by atoms with Crippen LogP contribution >= 0.6 is 11.6 Å². The van der Waals surface area contributed by atoms with Gasteiger partial charge < -0.3 is 15.2 Å². The van der Waals surface area contributed by atoms with Crippen molar-refractivity contribution in [3.8, 4) is 5.75 Å². The number of carboxylic acid groups (broad SMARTS) is 1. The van der Waals surface area contributed by atoms with Crippen molar-refractivity contribution in [2.45, 2.75) is 13.8 Å². The smallest absolute Gasteiger partial charge is 0.308 e. The maximum absolute atomic E-state index is 12.8. The molecule has 7 heteroatoms. The Morgan fingerprint density at radius 3 is 2.62 bits per heavy atom. The summed E-state index contributed by atoms with van der Waals surface area (Å²) in [6, 6.07) is 3.56. The zero-order valence-electron chi connectivity index (χ0n) is 11.7. The molecule has 0 aliphatic carbocycles. The first-order valence-corrected chi connectivity index (χ1v) is 6.76. The third-order valence-corrected chi connectivity index (χ3v) is 3.19. The van der Waals surface area contributed by atoms with E-state index in [1.165, 1.54) is 12.1 Å². The number of amides is 1. The summed E-state index contributed by atoms with van der Waals surface area (Å²) in [6.07, 6.45) is 0. The summed E-state index contributed by atoms with van der Waals surface area (Å²) < 4.78 is 18.0. The van der Waals surface area contributed by atoms with E-state index in [9.17, 15) is 14.0 Å². The maximum atomic E-state index is 12.8. The van der Waals surface area contributed by atoms with Gasteiger partial charge in [0.15, 0.2) is 6.61 Å². The normalized spacial score (nSPS) is 12.0. The monoisotopic (exact) mass is 317 g/mol. The average Bonchev–Trinajstić information content (AvgIpc) is 2.37. The SMILES string of the molecule is CC(C)C(CNC(=O)COc1ccc(F)cc1Cl)C(=O)O. The summed E-state index contributed by atoms with van der Waals surface area (Å²) in [6.45, 7) is 3.22. The largest absolute Gasteiger partial charge is 0.482 e. The van der Waals surface area contributed by atoms with E-state index in [0.717, 1.165) is 6.07 Å². The van der Waals surface area contributed by atoms with E-state index in [1.807, 2.05) is 0 Å². The van der Waals surface area contributed by atoms with Crippen LogP contribution < -0.4 is 10.1 Å². The first kappa shape index (κ1) is 17.2. The molecule has 0 aromatic heterocycles. The molecule has 1 aromatic carbocycles. The number of carbonyl (C=O) groups excluding carboxylic acids is 1. The van der Waals surface area contributed by atoms with Crippen molar-refractivity contribution in [1.82, 2.24) is 5.32 Å². The number of benzene rings is 1. The number of nitrogens with one attached hydrogen (secondary N) is 1. The van der Waals surface area contributed by atoms with E-state index in [2.05, 4.69) is 5.32 Å². The molecule has 116 valence electrons. The summed E-state index contributed by atoms with van der Waals surface area (Å²) in [7, 11) is 0. The van der Waals surface area contributed by atoms with Gasteiger partial charge in [0, 0.05) is 6.54 Å².